The molecule has 0 saturated heterocycles. The molecule has 6 nitrogen and oxygen atoms in total. The van der Waals surface area contributed by atoms with Gasteiger partial charge in [0, 0.05) is 19.2 Å². The fourth-order valence-electron chi connectivity index (χ4n) is 4.16. The van der Waals surface area contributed by atoms with Crippen LogP contribution in [0.25, 0.3) is 0 Å². The molecule has 2 heterocycles. The summed E-state index contributed by atoms with van der Waals surface area (Å²) in [6, 6.07) is 10.1. The molecule has 1 aromatic carbocycles. The molecular weight excluding hydrogens is 338 g/mol. The zero-order valence-corrected chi connectivity index (χ0v) is 17.3. The van der Waals surface area contributed by atoms with Crippen LogP contribution < -0.4 is 5.32 Å². The zero-order chi connectivity index (χ0) is 19.8. The number of carbonyl (C=O) groups is 1. The van der Waals surface area contributed by atoms with Crippen LogP contribution in [0.5, 0.6) is 0 Å². The van der Waals surface area contributed by atoms with Crippen molar-refractivity contribution in [2.24, 2.45) is 7.05 Å². The normalized spacial score (nSPS) is 16.5. The standard InChI is InChI=1S/C21H31N5O/c1-7-17-16-13-26(21(2,3)19(16)25(6)23-17)20(27)22-18(14-24(4)5)15-11-9-8-10-12-15/h8-12,18H,7,13-14H2,1-6H3,(H,22,27). The summed E-state index contributed by atoms with van der Waals surface area (Å²) in [4.78, 5) is 17.3. The topological polar surface area (TPSA) is 53.4 Å². The highest BCUT2D eigenvalue weighted by Crippen LogP contribution is 2.40. The molecule has 1 N–H and O–H groups in total. The lowest BCUT2D eigenvalue weighted by Gasteiger charge is -2.34. The van der Waals surface area contributed by atoms with Gasteiger partial charge in [0.1, 0.15) is 0 Å². The number of aromatic nitrogens is 2. The molecule has 0 saturated carbocycles. The van der Waals surface area contributed by atoms with Crippen molar-refractivity contribution in [3.05, 3.63) is 52.8 Å². The molecule has 2 amide bonds. The van der Waals surface area contributed by atoms with Crippen LogP contribution in [0, 0.1) is 0 Å². The van der Waals surface area contributed by atoms with Gasteiger partial charge in [-0.3, -0.25) is 4.68 Å². The molecule has 0 radical (unpaired) electrons. The molecule has 27 heavy (non-hydrogen) atoms. The molecule has 1 atom stereocenters. The number of aryl methyl sites for hydroxylation is 2. The number of nitrogens with zero attached hydrogens (tertiary/aromatic N) is 4. The molecule has 2 aromatic rings. The van der Waals surface area contributed by atoms with Crippen molar-refractivity contribution >= 4 is 6.03 Å². The maximum atomic E-state index is 13.3. The summed E-state index contributed by atoms with van der Waals surface area (Å²) in [5, 5.41) is 7.90. The Labute approximate surface area is 162 Å². The Hall–Kier alpha value is -2.34. The van der Waals surface area contributed by atoms with Crippen molar-refractivity contribution in [2.45, 2.75) is 45.3 Å². The van der Waals surface area contributed by atoms with E-state index in [9.17, 15) is 4.79 Å². The highest BCUT2D eigenvalue weighted by molar-refractivity contribution is 5.77. The third-order valence-electron chi connectivity index (χ3n) is 5.43. The predicted octanol–water partition coefficient (Wildman–Crippen LogP) is 3.05. The molecule has 0 bridgehead atoms. The van der Waals surface area contributed by atoms with Crippen molar-refractivity contribution in [1.29, 1.82) is 0 Å². The SMILES string of the molecule is CCc1nn(C)c2c1CN(C(=O)NC(CN(C)C)c1ccccc1)C2(C)C. The predicted molar refractivity (Wildman–Crippen MR) is 107 cm³/mol. The van der Waals surface area contributed by atoms with Crippen molar-refractivity contribution in [3.8, 4) is 0 Å². The van der Waals surface area contributed by atoms with Crippen molar-refractivity contribution < 1.29 is 4.79 Å². The summed E-state index contributed by atoms with van der Waals surface area (Å²) in [5.41, 5.74) is 4.14. The Balaban J connectivity index is 1.85. The lowest BCUT2D eigenvalue weighted by molar-refractivity contribution is 0.135. The Bertz CT molecular complexity index is 809. The van der Waals surface area contributed by atoms with Gasteiger partial charge in [0.2, 0.25) is 0 Å². The maximum Gasteiger partial charge on any atom is 0.319 e. The van der Waals surface area contributed by atoms with Crippen molar-refractivity contribution in [2.75, 3.05) is 20.6 Å². The van der Waals surface area contributed by atoms with Gasteiger partial charge >= 0.3 is 6.03 Å². The van der Waals surface area contributed by atoms with Gasteiger partial charge in [0.15, 0.2) is 0 Å². The third kappa shape index (κ3) is 3.58. The molecule has 6 heteroatoms. The number of benzene rings is 1. The zero-order valence-electron chi connectivity index (χ0n) is 17.3. The average Bonchev–Trinajstić information content (AvgIpc) is 3.09. The second kappa shape index (κ2) is 7.35. The van der Waals surface area contributed by atoms with Crippen LogP contribution in [-0.4, -0.2) is 46.3 Å². The molecule has 0 spiro atoms. The number of urea groups is 1. The first-order valence-electron chi connectivity index (χ1n) is 9.58. The van der Waals surface area contributed by atoms with E-state index in [0.717, 1.165) is 29.9 Å². The van der Waals surface area contributed by atoms with Gasteiger partial charge in [-0.2, -0.15) is 5.10 Å². The molecule has 1 unspecified atom stereocenters. The number of fused-ring (bicyclic) bond motifs is 1. The third-order valence-corrected chi connectivity index (χ3v) is 5.43. The number of nitrogens with one attached hydrogen (secondary N) is 1. The van der Waals surface area contributed by atoms with E-state index < -0.39 is 5.54 Å². The number of hydrogen-bond acceptors (Lipinski definition) is 3. The molecular formula is C21H31N5O. The van der Waals surface area contributed by atoms with Crippen LogP contribution in [0.3, 0.4) is 0 Å². The quantitative estimate of drug-likeness (QED) is 0.881. The Kier molecular flexibility index (Phi) is 5.29. The highest BCUT2D eigenvalue weighted by Gasteiger charge is 2.44. The summed E-state index contributed by atoms with van der Waals surface area (Å²) < 4.78 is 1.94. The molecule has 0 aliphatic carbocycles. The van der Waals surface area contributed by atoms with E-state index in [2.05, 4.69) is 48.2 Å². The fraction of sp³-hybridized carbons (Fsp3) is 0.524. The Morgan fingerprint density at radius 1 is 1.30 bits per heavy atom. The minimum absolute atomic E-state index is 0.0334. The second-order valence-electron chi connectivity index (χ2n) is 8.07. The monoisotopic (exact) mass is 369 g/mol. The van der Waals surface area contributed by atoms with Crippen LogP contribution in [-0.2, 0) is 25.6 Å². The maximum absolute atomic E-state index is 13.3. The minimum atomic E-state index is -0.395. The van der Waals surface area contributed by atoms with E-state index in [4.69, 9.17) is 0 Å². The van der Waals surface area contributed by atoms with Gasteiger partial charge in [0.05, 0.1) is 29.5 Å². The molecule has 146 valence electrons. The van der Waals surface area contributed by atoms with Gasteiger partial charge in [-0.1, -0.05) is 37.3 Å². The van der Waals surface area contributed by atoms with E-state index >= 15 is 0 Å². The number of carbonyl (C=O) groups excluding carboxylic acids is 1. The number of amides is 2. The Morgan fingerprint density at radius 3 is 2.56 bits per heavy atom. The molecule has 0 fully saturated rings. The highest BCUT2D eigenvalue weighted by atomic mass is 16.2. The van der Waals surface area contributed by atoms with E-state index in [1.54, 1.807) is 0 Å². The summed E-state index contributed by atoms with van der Waals surface area (Å²) in [6.07, 6.45) is 0.877. The van der Waals surface area contributed by atoms with Gasteiger partial charge in [0.25, 0.3) is 0 Å². The average molecular weight is 370 g/mol. The number of likely N-dealkylation sites (N-methyl/N-ethyl adjacent to an activating group) is 1. The van der Waals surface area contributed by atoms with Gasteiger partial charge in [-0.15, -0.1) is 0 Å². The van der Waals surface area contributed by atoms with Gasteiger partial charge in [-0.25, -0.2) is 4.79 Å². The van der Waals surface area contributed by atoms with Crippen LogP contribution in [0.2, 0.25) is 0 Å². The van der Waals surface area contributed by atoms with E-state index in [-0.39, 0.29) is 12.1 Å². The molecule has 3 rings (SSSR count). The summed E-state index contributed by atoms with van der Waals surface area (Å²) in [7, 11) is 6.02. The first kappa shape index (κ1) is 19.4. The van der Waals surface area contributed by atoms with Crippen molar-refractivity contribution in [3.63, 3.8) is 0 Å². The second-order valence-corrected chi connectivity index (χ2v) is 8.07. The number of hydrogen-bond donors (Lipinski definition) is 1. The Morgan fingerprint density at radius 2 is 1.96 bits per heavy atom. The smallest absolute Gasteiger partial charge is 0.319 e. The first-order chi connectivity index (χ1) is 12.8. The summed E-state index contributed by atoms with van der Waals surface area (Å²) >= 11 is 0. The molecule has 1 aliphatic heterocycles. The van der Waals surface area contributed by atoms with Crippen LogP contribution >= 0.6 is 0 Å². The van der Waals surface area contributed by atoms with Gasteiger partial charge in [-0.05, 0) is 39.9 Å². The summed E-state index contributed by atoms with van der Waals surface area (Å²) in [6.45, 7) is 7.67. The molecule has 1 aromatic heterocycles. The molecule has 1 aliphatic rings. The lowest BCUT2D eigenvalue weighted by Crippen LogP contribution is -2.49. The van der Waals surface area contributed by atoms with E-state index in [1.165, 1.54) is 5.56 Å². The largest absolute Gasteiger partial charge is 0.330 e. The van der Waals surface area contributed by atoms with Crippen LogP contribution in [0.4, 0.5) is 4.79 Å². The minimum Gasteiger partial charge on any atom is -0.330 e. The first-order valence-corrected chi connectivity index (χ1v) is 9.58. The van der Waals surface area contributed by atoms with E-state index in [1.807, 2.05) is 48.9 Å². The van der Waals surface area contributed by atoms with Crippen LogP contribution in [0.1, 0.15) is 49.3 Å². The van der Waals surface area contributed by atoms with Crippen molar-refractivity contribution in [1.82, 2.24) is 24.9 Å². The number of rotatable bonds is 5. The van der Waals surface area contributed by atoms with Crippen LogP contribution in [0.15, 0.2) is 30.3 Å². The lowest BCUT2D eigenvalue weighted by atomic mass is 9.99. The summed E-state index contributed by atoms with van der Waals surface area (Å²) in [5.74, 6) is 0. The fourth-order valence-corrected chi connectivity index (χ4v) is 4.16. The van der Waals surface area contributed by atoms with E-state index in [0.29, 0.717) is 6.54 Å². The van der Waals surface area contributed by atoms with Gasteiger partial charge < -0.3 is 15.1 Å².